The van der Waals surface area contributed by atoms with Gasteiger partial charge in [0.15, 0.2) is 0 Å². The predicted molar refractivity (Wildman–Crippen MR) is 102 cm³/mol. The molecule has 0 spiro atoms. The number of hydrogen-bond acceptors (Lipinski definition) is 5. The lowest BCUT2D eigenvalue weighted by atomic mass is 10.1. The molecule has 0 saturated heterocycles. The van der Waals surface area contributed by atoms with Crippen molar-refractivity contribution >= 4 is 41.0 Å². The molecule has 136 valence electrons. The van der Waals surface area contributed by atoms with E-state index in [1.807, 2.05) is 24.3 Å². The SMILES string of the molecule is NCC1Nc2ccccc2Sc2ccc(Cl)cc21.O=C(O)C=CC(=O)O. The Balaban J connectivity index is 0.000000260. The number of carboxylic acids is 2. The smallest absolute Gasteiger partial charge is 0.328 e. The molecule has 0 bridgehead atoms. The first-order valence-electron chi connectivity index (χ1n) is 7.57. The molecule has 1 atom stereocenters. The molecule has 2 aromatic carbocycles. The zero-order valence-electron chi connectivity index (χ0n) is 13.6. The molecule has 1 aliphatic rings. The lowest BCUT2D eigenvalue weighted by Crippen LogP contribution is -2.20. The summed E-state index contributed by atoms with van der Waals surface area (Å²) in [6.45, 7) is 0.544. The van der Waals surface area contributed by atoms with Crippen molar-refractivity contribution in [1.29, 1.82) is 0 Å². The van der Waals surface area contributed by atoms with Crippen molar-refractivity contribution < 1.29 is 19.8 Å². The number of aliphatic carboxylic acids is 2. The second-order valence-corrected chi connectivity index (χ2v) is 6.74. The summed E-state index contributed by atoms with van der Waals surface area (Å²) in [6.07, 6.45) is 1.12. The van der Waals surface area contributed by atoms with Crippen molar-refractivity contribution in [2.24, 2.45) is 5.73 Å². The highest BCUT2D eigenvalue weighted by atomic mass is 35.5. The van der Waals surface area contributed by atoms with Gasteiger partial charge >= 0.3 is 11.9 Å². The van der Waals surface area contributed by atoms with Crippen LogP contribution in [0, 0.1) is 0 Å². The molecule has 8 heteroatoms. The monoisotopic (exact) mass is 392 g/mol. The van der Waals surface area contributed by atoms with Crippen LogP contribution < -0.4 is 11.1 Å². The molecule has 0 saturated carbocycles. The van der Waals surface area contributed by atoms with E-state index in [-0.39, 0.29) is 6.04 Å². The third-order valence-corrected chi connectivity index (χ3v) is 4.79. The maximum atomic E-state index is 9.55. The number of nitrogens with two attached hydrogens (primary N) is 1. The van der Waals surface area contributed by atoms with E-state index < -0.39 is 11.9 Å². The van der Waals surface area contributed by atoms with E-state index >= 15 is 0 Å². The number of nitrogens with one attached hydrogen (secondary N) is 1. The minimum absolute atomic E-state index is 0.106. The Hall–Kier alpha value is -2.48. The Morgan fingerprint density at radius 2 is 1.77 bits per heavy atom. The van der Waals surface area contributed by atoms with Crippen LogP contribution in [0.4, 0.5) is 5.69 Å². The highest BCUT2D eigenvalue weighted by Gasteiger charge is 2.20. The van der Waals surface area contributed by atoms with Crippen LogP contribution in [-0.2, 0) is 9.59 Å². The molecular weight excluding hydrogens is 376 g/mol. The van der Waals surface area contributed by atoms with E-state index in [9.17, 15) is 9.59 Å². The fourth-order valence-corrected chi connectivity index (χ4v) is 3.53. The molecule has 5 N–H and O–H groups in total. The predicted octanol–water partition coefficient (Wildman–Crippen LogP) is 3.63. The zero-order chi connectivity index (χ0) is 19.1. The molecule has 1 unspecified atom stereocenters. The second-order valence-electron chi connectivity index (χ2n) is 5.22. The maximum Gasteiger partial charge on any atom is 0.328 e. The molecule has 0 fully saturated rings. The van der Waals surface area contributed by atoms with Crippen molar-refractivity contribution in [3.63, 3.8) is 0 Å². The summed E-state index contributed by atoms with van der Waals surface area (Å²) in [6, 6.07) is 14.4. The molecule has 26 heavy (non-hydrogen) atoms. The Kier molecular flexibility index (Phi) is 7.08. The van der Waals surface area contributed by atoms with E-state index in [1.54, 1.807) is 11.8 Å². The van der Waals surface area contributed by atoms with Gasteiger partial charge in [0.25, 0.3) is 0 Å². The normalized spacial score (nSPS) is 14.9. The fourth-order valence-electron chi connectivity index (χ4n) is 2.27. The Morgan fingerprint density at radius 3 is 2.38 bits per heavy atom. The molecule has 1 heterocycles. The summed E-state index contributed by atoms with van der Waals surface area (Å²) in [5, 5.41) is 19.9. The van der Waals surface area contributed by atoms with Crippen molar-refractivity contribution in [3.8, 4) is 0 Å². The molecule has 0 radical (unpaired) electrons. The second kappa shape index (κ2) is 9.28. The van der Waals surface area contributed by atoms with Crippen LogP contribution in [0.5, 0.6) is 0 Å². The third kappa shape index (κ3) is 5.52. The number of hydrogen-bond donors (Lipinski definition) is 4. The quantitative estimate of drug-likeness (QED) is 0.590. The number of benzene rings is 2. The molecule has 0 amide bonds. The molecular formula is C18H17ClN2O4S. The maximum absolute atomic E-state index is 9.55. The molecule has 3 rings (SSSR count). The van der Waals surface area contributed by atoms with Crippen molar-refractivity contribution in [2.45, 2.75) is 15.8 Å². The summed E-state index contributed by atoms with van der Waals surface area (Å²) in [7, 11) is 0. The first kappa shape index (κ1) is 19.8. The minimum atomic E-state index is -1.26. The van der Waals surface area contributed by atoms with Gasteiger partial charge in [-0.05, 0) is 35.9 Å². The molecule has 1 aliphatic heterocycles. The minimum Gasteiger partial charge on any atom is -0.478 e. The van der Waals surface area contributed by atoms with Gasteiger partial charge in [-0.2, -0.15) is 0 Å². The van der Waals surface area contributed by atoms with E-state index in [1.165, 1.54) is 15.4 Å². The van der Waals surface area contributed by atoms with Crippen molar-refractivity contribution in [2.75, 3.05) is 11.9 Å². The number of halogens is 1. The van der Waals surface area contributed by atoms with E-state index in [2.05, 4.69) is 23.5 Å². The average Bonchev–Trinajstić information content (AvgIpc) is 2.76. The topological polar surface area (TPSA) is 113 Å². The number of rotatable bonds is 3. The van der Waals surface area contributed by atoms with Gasteiger partial charge < -0.3 is 21.3 Å². The van der Waals surface area contributed by atoms with E-state index in [0.717, 1.165) is 10.7 Å². The van der Waals surface area contributed by atoms with Crippen LogP contribution in [0.15, 0.2) is 64.4 Å². The van der Waals surface area contributed by atoms with Crippen LogP contribution in [-0.4, -0.2) is 28.7 Å². The van der Waals surface area contributed by atoms with Crippen molar-refractivity contribution in [3.05, 3.63) is 65.2 Å². The zero-order valence-corrected chi connectivity index (χ0v) is 15.1. The summed E-state index contributed by atoms with van der Waals surface area (Å²) in [5.74, 6) is -2.51. The number of para-hydroxylation sites is 1. The Labute approximate surface area is 159 Å². The van der Waals surface area contributed by atoms with Crippen LogP contribution in [0.1, 0.15) is 11.6 Å². The van der Waals surface area contributed by atoms with Gasteiger partial charge in [0.1, 0.15) is 0 Å². The van der Waals surface area contributed by atoms with Gasteiger partial charge in [-0.25, -0.2) is 9.59 Å². The van der Waals surface area contributed by atoms with Gasteiger partial charge in [0, 0.05) is 39.2 Å². The van der Waals surface area contributed by atoms with Crippen LogP contribution in [0.2, 0.25) is 5.02 Å². The van der Waals surface area contributed by atoms with Crippen LogP contribution in [0.3, 0.4) is 0 Å². The van der Waals surface area contributed by atoms with Gasteiger partial charge in [-0.1, -0.05) is 35.5 Å². The summed E-state index contributed by atoms with van der Waals surface area (Å²) < 4.78 is 0. The first-order valence-corrected chi connectivity index (χ1v) is 8.77. The van der Waals surface area contributed by atoms with Crippen LogP contribution >= 0.6 is 23.4 Å². The lowest BCUT2D eigenvalue weighted by molar-refractivity contribution is -0.134. The van der Waals surface area contributed by atoms with Gasteiger partial charge in [-0.15, -0.1) is 0 Å². The molecule has 2 aromatic rings. The van der Waals surface area contributed by atoms with Gasteiger partial charge in [-0.3, -0.25) is 0 Å². The number of anilines is 1. The van der Waals surface area contributed by atoms with E-state index in [4.69, 9.17) is 27.5 Å². The summed E-state index contributed by atoms with van der Waals surface area (Å²) in [5.41, 5.74) is 8.18. The summed E-state index contributed by atoms with van der Waals surface area (Å²) in [4.78, 5) is 21.5. The Morgan fingerprint density at radius 1 is 1.12 bits per heavy atom. The molecule has 6 nitrogen and oxygen atoms in total. The number of fused-ring (bicyclic) bond motifs is 2. The fraction of sp³-hybridized carbons (Fsp3) is 0.111. The Bertz CT molecular complexity index is 826. The largest absolute Gasteiger partial charge is 0.478 e. The van der Waals surface area contributed by atoms with Gasteiger partial charge in [0.2, 0.25) is 0 Å². The molecule has 0 aliphatic carbocycles. The number of carbonyl (C=O) groups is 2. The summed E-state index contributed by atoms with van der Waals surface area (Å²) >= 11 is 7.84. The molecule has 0 aromatic heterocycles. The van der Waals surface area contributed by atoms with Crippen LogP contribution in [0.25, 0.3) is 0 Å². The standard InChI is InChI=1S/C14H13ClN2S.C4H4O4/c15-9-5-6-13-10(7-9)12(8-16)17-11-3-1-2-4-14(11)18-13;5-3(6)1-2-4(7)8/h1-7,12,17H,8,16H2;1-2H,(H,5,6)(H,7,8). The third-order valence-electron chi connectivity index (χ3n) is 3.39. The van der Waals surface area contributed by atoms with Gasteiger partial charge in [0.05, 0.1) is 6.04 Å². The first-order chi connectivity index (χ1) is 12.4. The highest BCUT2D eigenvalue weighted by molar-refractivity contribution is 7.99. The highest BCUT2D eigenvalue weighted by Crippen LogP contribution is 2.42. The van der Waals surface area contributed by atoms with Crippen molar-refractivity contribution in [1.82, 2.24) is 0 Å². The number of carboxylic acid groups (broad SMARTS) is 2. The average molecular weight is 393 g/mol. The van der Waals surface area contributed by atoms with E-state index in [0.29, 0.717) is 18.7 Å². The lowest BCUT2D eigenvalue weighted by Gasteiger charge is -2.18.